The molecule has 0 aliphatic heterocycles. The lowest BCUT2D eigenvalue weighted by molar-refractivity contribution is 0.643. The summed E-state index contributed by atoms with van der Waals surface area (Å²) in [5.74, 6) is 0. The van der Waals surface area contributed by atoms with Gasteiger partial charge in [0.1, 0.15) is 0 Å². The fraction of sp³-hybridized carbons (Fsp3) is 0.176. The molecule has 0 amide bonds. The van der Waals surface area contributed by atoms with Gasteiger partial charge in [0.25, 0.3) is 0 Å². The largest absolute Gasteiger partial charge is 0.306 e. The summed E-state index contributed by atoms with van der Waals surface area (Å²) in [5, 5.41) is 6.70. The number of hydrogen-bond donors (Lipinski definition) is 1. The van der Waals surface area contributed by atoms with E-state index in [2.05, 4.69) is 64.6 Å². The molecule has 0 bridgehead atoms. The molecule has 108 valence electrons. The van der Waals surface area contributed by atoms with Gasteiger partial charge in [0, 0.05) is 15.3 Å². The van der Waals surface area contributed by atoms with Crippen LogP contribution < -0.4 is 5.32 Å². The smallest absolute Gasteiger partial charge is 0.0702 e. The summed E-state index contributed by atoms with van der Waals surface area (Å²) in [6.07, 6.45) is 0. The van der Waals surface area contributed by atoms with E-state index in [4.69, 9.17) is 11.6 Å². The van der Waals surface area contributed by atoms with Crippen LogP contribution >= 0.6 is 38.9 Å². The first-order valence-electron chi connectivity index (χ1n) is 6.86. The average Bonchev–Trinajstić information content (AvgIpc) is 2.92. The van der Waals surface area contributed by atoms with Crippen LogP contribution in [-0.2, 0) is 0 Å². The minimum Gasteiger partial charge on any atom is -0.306 e. The average molecular weight is 381 g/mol. The SMILES string of the molecule is CCNC(c1ccc(Br)s1)c1ccc(Cl)c2ccccc12. The molecule has 4 heteroatoms. The molecule has 0 aliphatic carbocycles. The first-order chi connectivity index (χ1) is 10.2. The molecule has 1 heterocycles. The Hall–Kier alpha value is -0.870. The van der Waals surface area contributed by atoms with Crippen molar-refractivity contribution in [3.05, 3.63) is 67.8 Å². The maximum Gasteiger partial charge on any atom is 0.0702 e. The first-order valence-corrected chi connectivity index (χ1v) is 8.85. The summed E-state index contributed by atoms with van der Waals surface area (Å²) < 4.78 is 1.15. The normalized spacial score (nSPS) is 12.7. The lowest BCUT2D eigenvalue weighted by Gasteiger charge is -2.19. The third-order valence-electron chi connectivity index (χ3n) is 3.50. The summed E-state index contributed by atoms with van der Waals surface area (Å²) in [6, 6.07) is 16.9. The second-order valence-corrected chi connectivity index (χ2v) is 7.72. The molecule has 1 unspecified atom stereocenters. The van der Waals surface area contributed by atoms with Crippen molar-refractivity contribution in [3.63, 3.8) is 0 Å². The van der Waals surface area contributed by atoms with E-state index in [9.17, 15) is 0 Å². The van der Waals surface area contributed by atoms with Gasteiger partial charge in [-0.2, -0.15) is 0 Å². The number of benzene rings is 2. The van der Waals surface area contributed by atoms with Crippen LogP contribution in [0, 0.1) is 0 Å². The molecule has 3 aromatic rings. The van der Waals surface area contributed by atoms with Crippen LogP contribution in [0.15, 0.2) is 52.3 Å². The van der Waals surface area contributed by atoms with Gasteiger partial charge in [-0.25, -0.2) is 0 Å². The van der Waals surface area contributed by atoms with E-state index >= 15 is 0 Å². The third-order valence-corrected chi connectivity index (χ3v) is 5.52. The predicted molar refractivity (Wildman–Crippen MR) is 96.5 cm³/mol. The number of nitrogens with one attached hydrogen (secondary N) is 1. The molecule has 0 saturated heterocycles. The zero-order valence-electron chi connectivity index (χ0n) is 11.6. The first kappa shape index (κ1) is 15.0. The van der Waals surface area contributed by atoms with Crippen LogP contribution in [0.25, 0.3) is 10.8 Å². The molecule has 1 nitrogen and oxygen atoms in total. The molecule has 0 aliphatic rings. The van der Waals surface area contributed by atoms with Crippen molar-refractivity contribution in [1.29, 1.82) is 0 Å². The number of thiophene rings is 1. The lowest BCUT2D eigenvalue weighted by atomic mass is 9.97. The summed E-state index contributed by atoms with van der Waals surface area (Å²) in [5.41, 5.74) is 1.27. The van der Waals surface area contributed by atoms with Crippen molar-refractivity contribution < 1.29 is 0 Å². The Morgan fingerprint density at radius 2 is 1.86 bits per heavy atom. The highest BCUT2D eigenvalue weighted by molar-refractivity contribution is 9.11. The number of rotatable bonds is 4. The van der Waals surface area contributed by atoms with E-state index < -0.39 is 0 Å². The number of fused-ring (bicyclic) bond motifs is 1. The molecule has 1 N–H and O–H groups in total. The summed E-state index contributed by atoms with van der Waals surface area (Å²) in [6.45, 7) is 3.05. The zero-order valence-corrected chi connectivity index (χ0v) is 14.7. The predicted octanol–water partition coefficient (Wildman–Crippen LogP) is 6.02. The Morgan fingerprint density at radius 3 is 2.52 bits per heavy atom. The van der Waals surface area contributed by atoms with Crippen LogP contribution in [0.3, 0.4) is 0 Å². The Balaban J connectivity index is 2.18. The van der Waals surface area contributed by atoms with Gasteiger partial charge in [-0.15, -0.1) is 11.3 Å². The Labute approximate surface area is 142 Å². The van der Waals surface area contributed by atoms with E-state index in [0.717, 1.165) is 20.7 Å². The van der Waals surface area contributed by atoms with Crippen LogP contribution in [0.5, 0.6) is 0 Å². The van der Waals surface area contributed by atoms with Gasteiger partial charge < -0.3 is 5.32 Å². The molecule has 0 saturated carbocycles. The fourth-order valence-electron chi connectivity index (χ4n) is 2.59. The second-order valence-electron chi connectivity index (χ2n) is 4.81. The molecule has 0 radical (unpaired) electrons. The van der Waals surface area contributed by atoms with Crippen LogP contribution in [0.4, 0.5) is 0 Å². The molecule has 0 spiro atoms. The van der Waals surface area contributed by atoms with Crippen molar-refractivity contribution in [2.24, 2.45) is 0 Å². The van der Waals surface area contributed by atoms with Gasteiger partial charge in [0.15, 0.2) is 0 Å². The van der Waals surface area contributed by atoms with Gasteiger partial charge in [-0.3, -0.25) is 0 Å². The van der Waals surface area contributed by atoms with Crippen LogP contribution in [-0.4, -0.2) is 6.54 Å². The van der Waals surface area contributed by atoms with Crippen molar-refractivity contribution in [3.8, 4) is 0 Å². The minimum atomic E-state index is 0.188. The van der Waals surface area contributed by atoms with E-state index in [-0.39, 0.29) is 6.04 Å². The molecule has 1 aromatic heterocycles. The van der Waals surface area contributed by atoms with E-state index in [1.54, 1.807) is 11.3 Å². The summed E-state index contributed by atoms with van der Waals surface area (Å²) in [4.78, 5) is 1.30. The number of hydrogen-bond acceptors (Lipinski definition) is 2. The second kappa shape index (κ2) is 6.49. The summed E-state index contributed by atoms with van der Waals surface area (Å²) >= 11 is 11.7. The summed E-state index contributed by atoms with van der Waals surface area (Å²) in [7, 11) is 0. The standard InChI is InChI=1S/C17H15BrClNS/c1-2-20-17(15-9-10-16(18)21-15)13-7-8-14(19)12-6-4-3-5-11(12)13/h3-10,17,20H,2H2,1H3. The molecular formula is C17H15BrClNS. The highest BCUT2D eigenvalue weighted by Crippen LogP contribution is 2.36. The van der Waals surface area contributed by atoms with Crippen LogP contribution in [0.1, 0.15) is 23.4 Å². The highest BCUT2D eigenvalue weighted by atomic mass is 79.9. The van der Waals surface area contributed by atoms with Crippen molar-refractivity contribution in [2.45, 2.75) is 13.0 Å². The zero-order chi connectivity index (χ0) is 14.8. The maximum absolute atomic E-state index is 6.34. The van der Waals surface area contributed by atoms with Gasteiger partial charge in [0.2, 0.25) is 0 Å². The molecule has 3 rings (SSSR count). The monoisotopic (exact) mass is 379 g/mol. The quantitative estimate of drug-likeness (QED) is 0.584. The molecular weight excluding hydrogens is 366 g/mol. The Bertz CT molecular complexity index is 768. The Kier molecular flexibility index (Phi) is 4.65. The maximum atomic E-state index is 6.34. The molecule has 1 atom stereocenters. The Morgan fingerprint density at radius 1 is 1.10 bits per heavy atom. The van der Waals surface area contributed by atoms with E-state index in [1.165, 1.54) is 15.8 Å². The fourth-order valence-corrected chi connectivity index (χ4v) is 4.33. The van der Waals surface area contributed by atoms with Gasteiger partial charge in [0.05, 0.1) is 9.83 Å². The third kappa shape index (κ3) is 3.02. The molecule has 2 aromatic carbocycles. The van der Waals surface area contributed by atoms with Crippen molar-refractivity contribution >= 4 is 49.6 Å². The van der Waals surface area contributed by atoms with E-state index in [1.807, 2.05) is 12.1 Å². The molecule has 0 fully saturated rings. The minimum absolute atomic E-state index is 0.188. The highest BCUT2D eigenvalue weighted by Gasteiger charge is 2.18. The number of halogens is 2. The van der Waals surface area contributed by atoms with Crippen LogP contribution in [0.2, 0.25) is 5.02 Å². The molecule has 21 heavy (non-hydrogen) atoms. The van der Waals surface area contributed by atoms with Gasteiger partial charge in [-0.05, 0) is 51.6 Å². The van der Waals surface area contributed by atoms with E-state index in [0.29, 0.717) is 0 Å². The van der Waals surface area contributed by atoms with Gasteiger partial charge in [-0.1, -0.05) is 48.9 Å². The topological polar surface area (TPSA) is 12.0 Å². The van der Waals surface area contributed by atoms with Gasteiger partial charge >= 0.3 is 0 Å². The van der Waals surface area contributed by atoms with Crippen molar-refractivity contribution in [2.75, 3.05) is 6.54 Å². The lowest BCUT2D eigenvalue weighted by Crippen LogP contribution is -2.21. The van der Waals surface area contributed by atoms with Crippen molar-refractivity contribution in [1.82, 2.24) is 5.32 Å².